The zero-order valence-electron chi connectivity index (χ0n) is 10.9. The van der Waals surface area contributed by atoms with E-state index in [4.69, 9.17) is 4.74 Å². The molecular formula is C13H16BrN3O2. The summed E-state index contributed by atoms with van der Waals surface area (Å²) in [6, 6.07) is 1.55. The monoisotopic (exact) mass is 325 g/mol. The van der Waals surface area contributed by atoms with Crippen molar-refractivity contribution in [3.63, 3.8) is 0 Å². The van der Waals surface area contributed by atoms with Crippen LogP contribution < -0.4 is 10.6 Å². The molecule has 1 saturated heterocycles. The Morgan fingerprint density at radius 3 is 2.95 bits per heavy atom. The average molecular weight is 326 g/mol. The Balaban J connectivity index is 1.69. The number of nitrogens with one attached hydrogen (secondary N) is 2. The maximum absolute atomic E-state index is 12.1. The highest BCUT2D eigenvalue weighted by Gasteiger charge is 2.69. The highest BCUT2D eigenvalue weighted by Crippen LogP contribution is 2.57. The summed E-state index contributed by atoms with van der Waals surface area (Å²) < 4.78 is 6.48. The smallest absolute Gasteiger partial charge is 0.319 e. The molecular weight excluding hydrogens is 310 g/mol. The van der Waals surface area contributed by atoms with Gasteiger partial charge in [-0.15, -0.1) is 0 Å². The van der Waals surface area contributed by atoms with Crippen LogP contribution in [0.5, 0.6) is 0 Å². The Hall–Kier alpha value is -1.14. The second-order valence-corrected chi connectivity index (χ2v) is 6.48. The number of carbonyl (C=O) groups is 1. The number of nitrogens with zero attached hydrogens (tertiary/aromatic N) is 1. The Kier molecular flexibility index (Phi) is 2.83. The van der Waals surface area contributed by atoms with Crippen molar-refractivity contribution in [2.45, 2.75) is 31.4 Å². The summed E-state index contributed by atoms with van der Waals surface area (Å²) in [5, 5.41) is 5.91. The Labute approximate surface area is 120 Å². The first-order valence-corrected chi connectivity index (χ1v) is 7.06. The molecule has 2 atom stereocenters. The number of hydrogen-bond acceptors (Lipinski definition) is 3. The number of aromatic nitrogens is 1. The SMILES string of the molecule is CC1(C)OCC2CC21NC(=O)Nc1ccncc1Br. The maximum atomic E-state index is 12.1. The van der Waals surface area contributed by atoms with Crippen molar-refractivity contribution in [2.75, 3.05) is 11.9 Å². The Morgan fingerprint density at radius 1 is 1.58 bits per heavy atom. The third kappa shape index (κ3) is 2.03. The fourth-order valence-corrected chi connectivity index (χ4v) is 3.19. The van der Waals surface area contributed by atoms with E-state index in [1.54, 1.807) is 18.5 Å². The molecule has 1 saturated carbocycles. The predicted molar refractivity (Wildman–Crippen MR) is 75.0 cm³/mol. The van der Waals surface area contributed by atoms with Crippen LogP contribution in [0.3, 0.4) is 0 Å². The molecule has 1 aromatic rings. The van der Waals surface area contributed by atoms with Gasteiger partial charge >= 0.3 is 6.03 Å². The van der Waals surface area contributed by atoms with Gasteiger partial charge in [0.25, 0.3) is 0 Å². The van der Waals surface area contributed by atoms with Gasteiger partial charge in [0.2, 0.25) is 0 Å². The lowest BCUT2D eigenvalue weighted by Gasteiger charge is -2.31. The second kappa shape index (κ2) is 4.18. The highest BCUT2D eigenvalue weighted by atomic mass is 79.9. The largest absolute Gasteiger partial charge is 0.373 e. The zero-order valence-corrected chi connectivity index (χ0v) is 12.5. The van der Waals surface area contributed by atoms with Crippen LogP contribution in [0, 0.1) is 5.92 Å². The van der Waals surface area contributed by atoms with Gasteiger partial charge in [-0.05, 0) is 42.3 Å². The van der Waals surface area contributed by atoms with Gasteiger partial charge in [0, 0.05) is 18.3 Å². The quantitative estimate of drug-likeness (QED) is 0.878. The standard InChI is InChI=1S/C13H16BrN3O2/c1-12(2)13(5-8(13)7-19-12)17-11(18)16-10-3-4-15-6-9(10)14/h3-4,6,8H,5,7H2,1-2H3,(H2,15,16,17,18). The van der Waals surface area contributed by atoms with Gasteiger partial charge in [-0.3, -0.25) is 4.98 Å². The van der Waals surface area contributed by atoms with E-state index in [0.717, 1.165) is 17.5 Å². The highest BCUT2D eigenvalue weighted by molar-refractivity contribution is 9.10. The lowest BCUT2D eigenvalue weighted by atomic mass is 9.96. The van der Waals surface area contributed by atoms with Crippen LogP contribution in [0.15, 0.2) is 22.9 Å². The van der Waals surface area contributed by atoms with Crippen LogP contribution >= 0.6 is 15.9 Å². The van der Waals surface area contributed by atoms with Crippen molar-refractivity contribution < 1.29 is 9.53 Å². The van der Waals surface area contributed by atoms with Gasteiger partial charge in [0.05, 0.1) is 27.9 Å². The summed E-state index contributed by atoms with van der Waals surface area (Å²) in [4.78, 5) is 16.1. The number of urea groups is 1. The average Bonchev–Trinajstić information content (AvgIpc) is 2.99. The lowest BCUT2D eigenvalue weighted by Crippen LogP contribution is -2.52. The van der Waals surface area contributed by atoms with E-state index in [1.807, 2.05) is 13.8 Å². The molecule has 3 rings (SSSR count). The molecule has 1 aliphatic heterocycles. The van der Waals surface area contributed by atoms with Gasteiger partial charge in [0.15, 0.2) is 0 Å². The molecule has 6 heteroatoms. The molecule has 0 spiro atoms. The zero-order chi connectivity index (χ0) is 13.7. The van der Waals surface area contributed by atoms with Gasteiger partial charge in [-0.25, -0.2) is 4.79 Å². The van der Waals surface area contributed by atoms with Crippen molar-refractivity contribution in [3.05, 3.63) is 22.9 Å². The summed E-state index contributed by atoms with van der Waals surface area (Å²) in [5.41, 5.74) is 0.193. The lowest BCUT2D eigenvalue weighted by molar-refractivity contribution is -0.00667. The van der Waals surface area contributed by atoms with Crippen LogP contribution in [0.4, 0.5) is 10.5 Å². The fraction of sp³-hybridized carbons (Fsp3) is 0.538. The van der Waals surface area contributed by atoms with Crippen LogP contribution in [-0.2, 0) is 4.74 Å². The van der Waals surface area contributed by atoms with Crippen molar-refractivity contribution in [3.8, 4) is 0 Å². The molecule has 0 aromatic carbocycles. The minimum absolute atomic E-state index is 0.201. The number of fused-ring (bicyclic) bond motifs is 1. The molecule has 0 bridgehead atoms. The molecule has 2 unspecified atom stereocenters. The molecule has 2 amide bonds. The van der Waals surface area contributed by atoms with Crippen LogP contribution in [0.2, 0.25) is 0 Å². The predicted octanol–water partition coefficient (Wildman–Crippen LogP) is 2.53. The molecule has 5 nitrogen and oxygen atoms in total. The number of halogens is 1. The minimum atomic E-state index is -0.301. The van der Waals surface area contributed by atoms with E-state index in [2.05, 4.69) is 31.5 Å². The molecule has 19 heavy (non-hydrogen) atoms. The topological polar surface area (TPSA) is 63.2 Å². The van der Waals surface area contributed by atoms with Crippen molar-refractivity contribution in [1.29, 1.82) is 0 Å². The summed E-state index contributed by atoms with van der Waals surface area (Å²) in [6.07, 6.45) is 4.28. The maximum Gasteiger partial charge on any atom is 0.319 e. The second-order valence-electron chi connectivity index (χ2n) is 5.63. The van der Waals surface area contributed by atoms with Crippen LogP contribution in [0.25, 0.3) is 0 Å². The van der Waals surface area contributed by atoms with E-state index < -0.39 is 0 Å². The molecule has 2 N–H and O–H groups in total. The molecule has 102 valence electrons. The number of carbonyl (C=O) groups excluding carboxylic acids is 1. The summed E-state index contributed by atoms with van der Waals surface area (Å²) in [5.74, 6) is 0.439. The van der Waals surface area contributed by atoms with Gasteiger partial charge < -0.3 is 15.4 Å². The van der Waals surface area contributed by atoms with Crippen molar-refractivity contribution in [2.24, 2.45) is 5.92 Å². The number of anilines is 1. The number of rotatable bonds is 2. The minimum Gasteiger partial charge on any atom is -0.373 e. The summed E-state index contributed by atoms with van der Waals surface area (Å²) in [7, 11) is 0. The third-order valence-corrected chi connectivity index (χ3v) is 4.81. The first-order valence-electron chi connectivity index (χ1n) is 6.27. The summed E-state index contributed by atoms with van der Waals surface area (Å²) in [6.45, 7) is 4.79. The van der Waals surface area contributed by atoms with E-state index in [9.17, 15) is 4.79 Å². The van der Waals surface area contributed by atoms with Gasteiger partial charge in [-0.2, -0.15) is 0 Å². The van der Waals surface area contributed by atoms with Crippen LogP contribution in [-0.4, -0.2) is 28.8 Å². The van der Waals surface area contributed by atoms with E-state index >= 15 is 0 Å². The van der Waals surface area contributed by atoms with Gasteiger partial charge in [0.1, 0.15) is 0 Å². The normalized spacial score (nSPS) is 30.6. The fourth-order valence-electron chi connectivity index (χ4n) is 2.84. The number of hydrogen-bond donors (Lipinski definition) is 2. The molecule has 2 fully saturated rings. The van der Waals surface area contributed by atoms with E-state index in [0.29, 0.717) is 11.6 Å². The first-order chi connectivity index (χ1) is 8.95. The van der Waals surface area contributed by atoms with Crippen LogP contribution in [0.1, 0.15) is 20.3 Å². The van der Waals surface area contributed by atoms with E-state index in [1.165, 1.54) is 0 Å². The molecule has 2 heterocycles. The number of amides is 2. The third-order valence-electron chi connectivity index (χ3n) is 4.18. The van der Waals surface area contributed by atoms with Crippen molar-refractivity contribution >= 4 is 27.6 Å². The Bertz CT molecular complexity index is 534. The first kappa shape index (κ1) is 12.9. The number of pyridine rings is 1. The molecule has 1 aliphatic carbocycles. The summed E-state index contributed by atoms with van der Waals surface area (Å²) >= 11 is 3.35. The number of ether oxygens (including phenoxy) is 1. The molecule has 2 aliphatic rings. The Morgan fingerprint density at radius 2 is 2.37 bits per heavy atom. The van der Waals surface area contributed by atoms with Crippen molar-refractivity contribution in [1.82, 2.24) is 10.3 Å². The van der Waals surface area contributed by atoms with E-state index in [-0.39, 0.29) is 17.2 Å². The van der Waals surface area contributed by atoms with Gasteiger partial charge in [-0.1, -0.05) is 0 Å². The molecule has 1 aromatic heterocycles. The molecule has 0 radical (unpaired) electrons.